The summed E-state index contributed by atoms with van der Waals surface area (Å²) in [6, 6.07) is 15.9. The fourth-order valence-corrected chi connectivity index (χ4v) is 3.11. The summed E-state index contributed by atoms with van der Waals surface area (Å²) < 4.78 is 21.8. The van der Waals surface area contributed by atoms with E-state index in [1.54, 1.807) is 44.6 Å². The number of carbonyl (C=O) groups is 1. The lowest BCUT2D eigenvalue weighted by molar-refractivity contribution is -0.384. The van der Waals surface area contributed by atoms with Gasteiger partial charge in [-0.2, -0.15) is 0 Å². The number of hydrogen-bond donors (Lipinski definition) is 1. The van der Waals surface area contributed by atoms with Crippen molar-refractivity contribution in [1.29, 1.82) is 0 Å². The number of hydrogen-bond acceptors (Lipinski definition) is 8. The van der Waals surface area contributed by atoms with Crippen molar-refractivity contribution >= 4 is 28.4 Å². The van der Waals surface area contributed by atoms with Gasteiger partial charge in [-0.05, 0) is 48.5 Å². The Balaban J connectivity index is 1.44. The molecule has 0 aliphatic carbocycles. The van der Waals surface area contributed by atoms with E-state index in [1.165, 1.54) is 24.3 Å². The smallest absolute Gasteiger partial charge is 0.269 e. The molecule has 33 heavy (non-hydrogen) atoms. The standard InChI is InChI=1S/C23H19N3O7/c1-30-20-9-3-14(11-21(20)31-2)23-25-18-12-15(4-10-19(18)33-23)24-22(27)13-32-17-7-5-16(6-8-17)26(28)29/h3-12H,13H2,1-2H3,(H,24,27). The van der Waals surface area contributed by atoms with Crippen LogP contribution in [0.1, 0.15) is 0 Å². The summed E-state index contributed by atoms with van der Waals surface area (Å²) in [4.78, 5) is 26.9. The molecule has 10 heteroatoms. The van der Waals surface area contributed by atoms with Crippen LogP contribution in [0.25, 0.3) is 22.6 Å². The molecule has 0 saturated carbocycles. The molecular weight excluding hydrogens is 430 g/mol. The number of nitrogens with zero attached hydrogens (tertiary/aromatic N) is 2. The second-order valence-electron chi connectivity index (χ2n) is 6.86. The monoisotopic (exact) mass is 449 g/mol. The third kappa shape index (κ3) is 4.85. The fraction of sp³-hybridized carbons (Fsp3) is 0.130. The van der Waals surface area contributed by atoms with Crippen molar-refractivity contribution < 1.29 is 28.3 Å². The fourth-order valence-electron chi connectivity index (χ4n) is 3.11. The van der Waals surface area contributed by atoms with Crippen molar-refractivity contribution in [3.8, 4) is 28.7 Å². The molecule has 0 unspecified atom stereocenters. The molecule has 168 valence electrons. The average molecular weight is 449 g/mol. The Morgan fingerprint density at radius 1 is 1.03 bits per heavy atom. The van der Waals surface area contributed by atoms with E-state index in [0.29, 0.717) is 45.5 Å². The zero-order valence-corrected chi connectivity index (χ0v) is 17.7. The molecule has 4 rings (SSSR count). The second kappa shape index (κ2) is 9.27. The van der Waals surface area contributed by atoms with E-state index in [2.05, 4.69) is 10.3 Å². The molecule has 3 aromatic carbocycles. The molecule has 4 aromatic rings. The minimum Gasteiger partial charge on any atom is -0.493 e. The highest BCUT2D eigenvalue weighted by Gasteiger charge is 2.13. The molecule has 1 aromatic heterocycles. The number of nitro groups is 1. The molecule has 1 amide bonds. The van der Waals surface area contributed by atoms with Gasteiger partial charge in [-0.1, -0.05) is 0 Å². The lowest BCUT2D eigenvalue weighted by atomic mass is 10.2. The Bertz CT molecular complexity index is 1320. The number of rotatable bonds is 8. The summed E-state index contributed by atoms with van der Waals surface area (Å²) >= 11 is 0. The van der Waals surface area contributed by atoms with Crippen molar-refractivity contribution in [3.05, 3.63) is 70.8 Å². The Kier molecular flexibility index (Phi) is 6.07. The molecule has 0 saturated heterocycles. The average Bonchev–Trinajstić information content (AvgIpc) is 3.26. The maximum absolute atomic E-state index is 12.2. The first-order chi connectivity index (χ1) is 16.0. The van der Waals surface area contributed by atoms with Crippen LogP contribution in [0.3, 0.4) is 0 Å². The van der Waals surface area contributed by atoms with Crippen molar-refractivity contribution in [3.63, 3.8) is 0 Å². The van der Waals surface area contributed by atoms with Crippen LogP contribution < -0.4 is 19.5 Å². The van der Waals surface area contributed by atoms with E-state index in [9.17, 15) is 14.9 Å². The molecule has 1 N–H and O–H groups in total. The van der Waals surface area contributed by atoms with Crippen molar-refractivity contribution in [2.24, 2.45) is 0 Å². The molecule has 10 nitrogen and oxygen atoms in total. The van der Waals surface area contributed by atoms with E-state index < -0.39 is 10.8 Å². The number of nitrogens with one attached hydrogen (secondary N) is 1. The zero-order valence-electron chi connectivity index (χ0n) is 17.7. The second-order valence-corrected chi connectivity index (χ2v) is 6.86. The highest BCUT2D eigenvalue weighted by Crippen LogP contribution is 2.33. The highest BCUT2D eigenvalue weighted by atomic mass is 16.6. The number of carbonyl (C=O) groups excluding carboxylic acids is 1. The molecule has 0 atom stereocenters. The van der Waals surface area contributed by atoms with Crippen molar-refractivity contribution in [2.75, 3.05) is 26.1 Å². The lowest BCUT2D eigenvalue weighted by Crippen LogP contribution is -2.20. The number of fused-ring (bicyclic) bond motifs is 1. The van der Waals surface area contributed by atoms with Gasteiger partial charge in [-0.25, -0.2) is 4.98 Å². The van der Waals surface area contributed by atoms with Gasteiger partial charge in [-0.15, -0.1) is 0 Å². The molecule has 1 heterocycles. The minimum atomic E-state index is -0.507. The van der Waals surface area contributed by atoms with E-state index in [1.807, 2.05) is 6.07 Å². The molecule has 0 aliphatic heterocycles. The number of non-ortho nitro benzene ring substituents is 1. The van der Waals surface area contributed by atoms with Gasteiger partial charge < -0.3 is 23.9 Å². The summed E-state index contributed by atoms with van der Waals surface area (Å²) in [5, 5.41) is 13.4. The molecule has 0 fully saturated rings. The lowest BCUT2D eigenvalue weighted by Gasteiger charge is -2.07. The van der Waals surface area contributed by atoms with Crippen LogP contribution in [0.4, 0.5) is 11.4 Å². The van der Waals surface area contributed by atoms with Crippen molar-refractivity contribution in [1.82, 2.24) is 4.98 Å². The SMILES string of the molecule is COc1ccc(-c2nc3cc(NC(=O)COc4ccc([N+](=O)[O-])cc4)ccc3o2)cc1OC. The Morgan fingerprint density at radius 2 is 1.79 bits per heavy atom. The van der Waals surface area contributed by atoms with Gasteiger partial charge in [0.15, 0.2) is 23.7 Å². The Labute approximate surface area is 187 Å². The Hall–Kier alpha value is -4.60. The molecule has 0 aliphatic rings. The van der Waals surface area contributed by atoms with Gasteiger partial charge in [0, 0.05) is 23.4 Å². The maximum atomic E-state index is 12.2. The first-order valence-electron chi connectivity index (χ1n) is 9.77. The first-order valence-corrected chi connectivity index (χ1v) is 9.77. The summed E-state index contributed by atoms with van der Waals surface area (Å²) in [7, 11) is 3.11. The number of methoxy groups -OCH3 is 2. The molecule has 0 bridgehead atoms. The van der Waals surface area contributed by atoms with Gasteiger partial charge in [0.2, 0.25) is 5.89 Å². The molecular formula is C23H19N3O7. The summed E-state index contributed by atoms with van der Waals surface area (Å²) in [5.74, 6) is 1.51. The van der Waals surface area contributed by atoms with Crippen LogP contribution in [-0.2, 0) is 4.79 Å². The van der Waals surface area contributed by atoms with Crippen LogP contribution in [0, 0.1) is 10.1 Å². The van der Waals surface area contributed by atoms with Gasteiger partial charge >= 0.3 is 0 Å². The summed E-state index contributed by atoms with van der Waals surface area (Å²) in [6.45, 7) is -0.258. The van der Waals surface area contributed by atoms with Crippen LogP contribution in [0.2, 0.25) is 0 Å². The maximum Gasteiger partial charge on any atom is 0.269 e. The minimum absolute atomic E-state index is 0.0554. The predicted molar refractivity (Wildman–Crippen MR) is 120 cm³/mol. The van der Waals surface area contributed by atoms with Gasteiger partial charge in [0.25, 0.3) is 11.6 Å². The van der Waals surface area contributed by atoms with Crippen LogP contribution in [0.15, 0.2) is 65.1 Å². The van der Waals surface area contributed by atoms with Crippen LogP contribution >= 0.6 is 0 Å². The molecule has 0 spiro atoms. The van der Waals surface area contributed by atoms with E-state index in [-0.39, 0.29) is 12.3 Å². The van der Waals surface area contributed by atoms with Gasteiger partial charge in [0.05, 0.1) is 19.1 Å². The highest BCUT2D eigenvalue weighted by molar-refractivity contribution is 5.94. The largest absolute Gasteiger partial charge is 0.493 e. The third-order valence-corrected chi connectivity index (χ3v) is 4.72. The number of anilines is 1. The van der Waals surface area contributed by atoms with Crippen LogP contribution in [-0.4, -0.2) is 36.6 Å². The number of oxazole rings is 1. The quantitative estimate of drug-likeness (QED) is 0.309. The van der Waals surface area contributed by atoms with E-state index >= 15 is 0 Å². The summed E-state index contributed by atoms with van der Waals surface area (Å²) in [6.07, 6.45) is 0. The van der Waals surface area contributed by atoms with E-state index in [4.69, 9.17) is 18.6 Å². The topological polar surface area (TPSA) is 126 Å². The predicted octanol–water partition coefficient (Wildman–Crippen LogP) is 4.44. The first kappa shape index (κ1) is 21.6. The number of ether oxygens (including phenoxy) is 3. The third-order valence-electron chi connectivity index (χ3n) is 4.72. The van der Waals surface area contributed by atoms with E-state index in [0.717, 1.165) is 0 Å². The van der Waals surface area contributed by atoms with Crippen LogP contribution in [0.5, 0.6) is 17.2 Å². The van der Waals surface area contributed by atoms with Gasteiger partial charge in [0.1, 0.15) is 11.3 Å². The van der Waals surface area contributed by atoms with Gasteiger partial charge in [-0.3, -0.25) is 14.9 Å². The molecule has 0 radical (unpaired) electrons. The zero-order chi connectivity index (χ0) is 23.4. The normalized spacial score (nSPS) is 10.6. The Morgan fingerprint density at radius 3 is 2.48 bits per heavy atom. The number of amides is 1. The number of nitro benzene ring substituents is 1. The van der Waals surface area contributed by atoms with Crippen molar-refractivity contribution in [2.45, 2.75) is 0 Å². The number of aromatic nitrogens is 1. The summed E-state index contributed by atoms with van der Waals surface area (Å²) in [5.41, 5.74) is 2.30. The number of benzene rings is 3.